The zero-order valence-electron chi connectivity index (χ0n) is 17.6. The molecule has 1 aliphatic heterocycles. The number of benzene rings is 2. The third-order valence-electron chi connectivity index (χ3n) is 4.97. The van der Waals surface area contributed by atoms with Gasteiger partial charge >= 0.3 is 5.97 Å². The van der Waals surface area contributed by atoms with E-state index < -0.39 is 12.6 Å². The lowest BCUT2D eigenvalue weighted by Gasteiger charge is -2.21. The van der Waals surface area contributed by atoms with Gasteiger partial charge < -0.3 is 19.1 Å². The van der Waals surface area contributed by atoms with Crippen molar-refractivity contribution >= 4 is 17.6 Å². The highest BCUT2D eigenvalue weighted by molar-refractivity contribution is 5.97. The molecule has 0 aromatic heterocycles. The summed E-state index contributed by atoms with van der Waals surface area (Å²) in [4.78, 5) is 26.4. The second-order valence-electron chi connectivity index (χ2n) is 7.34. The van der Waals surface area contributed by atoms with Gasteiger partial charge in [0.25, 0.3) is 5.91 Å². The number of ether oxygens (including phenoxy) is 3. The van der Waals surface area contributed by atoms with Crippen molar-refractivity contribution in [1.82, 2.24) is 0 Å². The highest BCUT2D eigenvalue weighted by atomic mass is 16.5. The van der Waals surface area contributed by atoms with E-state index in [1.807, 2.05) is 37.3 Å². The molecule has 0 saturated carbocycles. The third kappa shape index (κ3) is 6.56. The van der Waals surface area contributed by atoms with E-state index in [9.17, 15) is 9.59 Å². The van der Waals surface area contributed by atoms with Gasteiger partial charge in [-0.2, -0.15) is 5.26 Å². The fourth-order valence-electron chi connectivity index (χ4n) is 3.23. The number of rotatable bonds is 9. The van der Waals surface area contributed by atoms with Gasteiger partial charge in [-0.3, -0.25) is 4.79 Å². The molecule has 0 bridgehead atoms. The Labute approximate surface area is 182 Å². The zero-order valence-corrected chi connectivity index (χ0v) is 17.6. The third-order valence-corrected chi connectivity index (χ3v) is 4.97. The van der Waals surface area contributed by atoms with Gasteiger partial charge in [-0.05, 0) is 56.2 Å². The van der Waals surface area contributed by atoms with Gasteiger partial charge in [-0.1, -0.05) is 17.7 Å². The van der Waals surface area contributed by atoms with Crippen molar-refractivity contribution in [3.8, 4) is 11.8 Å². The van der Waals surface area contributed by atoms with E-state index in [-0.39, 0.29) is 25.0 Å². The minimum atomic E-state index is -0.594. The van der Waals surface area contributed by atoms with Crippen LogP contribution in [0.1, 0.15) is 35.2 Å². The highest BCUT2D eigenvalue weighted by Crippen LogP contribution is 2.18. The van der Waals surface area contributed by atoms with Crippen molar-refractivity contribution in [3.63, 3.8) is 0 Å². The first kappa shape index (κ1) is 22.3. The van der Waals surface area contributed by atoms with Gasteiger partial charge in [-0.25, -0.2) is 4.79 Å². The highest BCUT2D eigenvalue weighted by Gasteiger charge is 2.19. The van der Waals surface area contributed by atoms with Gasteiger partial charge in [0.15, 0.2) is 6.61 Å². The molecule has 0 spiro atoms. The summed E-state index contributed by atoms with van der Waals surface area (Å²) in [5, 5.41) is 8.89. The Morgan fingerprint density at radius 3 is 2.55 bits per heavy atom. The molecule has 162 valence electrons. The van der Waals surface area contributed by atoms with Crippen molar-refractivity contribution in [2.45, 2.75) is 32.3 Å². The van der Waals surface area contributed by atoms with Crippen LogP contribution in [-0.4, -0.2) is 44.3 Å². The molecule has 7 heteroatoms. The van der Waals surface area contributed by atoms with E-state index >= 15 is 0 Å². The molecule has 1 amide bonds. The predicted octanol–water partition coefficient (Wildman–Crippen LogP) is 3.66. The smallest absolute Gasteiger partial charge is 0.338 e. The number of carbonyl (C=O) groups excluding carboxylic acids is 2. The zero-order chi connectivity index (χ0) is 22.1. The Kier molecular flexibility index (Phi) is 8.02. The Bertz CT molecular complexity index is 912. The lowest BCUT2D eigenvalue weighted by atomic mass is 10.2. The molecule has 31 heavy (non-hydrogen) atoms. The van der Waals surface area contributed by atoms with Gasteiger partial charge in [0.1, 0.15) is 12.4 Å². The number of hydrogen-bond donors (Lipinski definition) is 0. The van der Waals surface area contributed by atoms with Crippen LogP contribution in [0.15, 0.2) is 48.5 Å². The summed E-state index contributed by atoms with van der Waals surface area (Å²) in [6.45, 7) is 3.03. The molecule has 0 unspecified atom stereocenters. The molecule has 0 radical (unpaired) electrons. The average Bonchev–Trinajstić information content (AvgIpc) is 3.31. The summed E-state index contributed by atoms with van der Waals surface area (Å²) in [5.74, 6) is -0.336. The Morgan fingerprint density at radius 2 is 1.90 bits per heavy atom. The number of aryl methyl sites for hydroxylation is 1. The SMILES string of the molecule is Cc1ccc(N(CCC#N)C(=O)COC(=O)c2ccc(OC[C@H]3CCCO3)cc2)cc1. The van der Waals surface area contributed by atoms with Crippen LogP contribution in [0, 0.1) is 18.3 Å². The van der Waals surface area contributed by atoms with E-state index in [1.54, 1.807) is 24.3 Å². The number of amides is 1. The van der Waals surface area contributed by atoms with Crippen molar-refractivity contribution in [2.75, 3.05) is 31.3 Å². The first-order chi connectivity index (χ1) is 15.1. The summed E-state index contributed by atoms with van der Waals surface area (Å²) in [6, 6.07) is 16.0. The predicted molar refractivity (Wildman–Crippen MR) is 115 cm³/mol. The molecule has 0 aliphatic carbocycles. The van der Waals surface area contributed by atoms with Gasteiger partial charge in [-0.15, -0.1) is 0 Å². The number of carbonyl (C=O) groups is 2. The first-order valence-corrected chi connectivity index (χ1v) is 10.3. The molecule has 1 aliphatic rings. The van der Waals surface area contributed by atoms with Crippen LogP contribution < -0.4 is 9.64 Å². The molecular formula is C24H26N2O5. The minimum Gasteiger partial charge on any atom is -0.491 e. The summed E-state index contributed by atoms with van der Waals surface area (Å²) in [7, 11) is 0. The number of anilines is 1. The summed E-state index contributed by atoms with van der Waals surface area (Å²) < 4.78 is 16.4. The van der Waals surface area contributed by atoms with Crippen molar-refractivity contribution < 1.29 is 23.8 Å². The molecule has 7 nitrogen and oxygen atoms in total. The normalized spacial score (nSPS) is 15.2. The first-order valence-electron chi connectivity index (χ1n) is 10.3. The van der Waals surface area contributed by atoms with Crippen molar-refractivity contribution in [1.29, 1.82) is 5.26 Å². The standard InChI is InChI=1S/C24H26N2O5/c1-18-5-9-20(10-6-18)26(14-3-13-25)23(27)17-31-24(28)19-7-11-21(12-8-19)30-16-22-4-2-15-29-22/h5-12,22H,2-4,14-17H2,1H3/t22-/m1/s1. The molecule has 2 aromatic rings. The molecular weight excluding hydrogens is 396 g/mol. The maximum atomic E-state index is 12.6. The second kappa shape index (κ2) is 11.1. The number of nitriles is 1. The lowest BCUT2D eigenvalue weighted by molar-refractivity contribution is -0.121. The van der Waals surface area contributed by atoms with Crippen LogP contribution in [0.3, 0.4) is 0 Å². The van der Waals surface area contributed by atoms with E-state index in [0.29, 0.717) is 23.6 Å². The van der Waals surface area contributed by atoms with Gasteiger partial charge in [0, 0.05) is 18.8 Å². The fourth-order valence-corrected chi connectivity index (χ4v) is 3.23. The molecule has 1 heterocycles. The van der Waals surface area contributed by atoms with Crippen LogP contribution in [-0.2, 0) is 14.3 Å². The number of nitrogens with zero attached hydrogens (tertiary/aromatic N) is 2. The Hall–Kier alpha value is -3.37. The largest absolute Gasteiger partial charge is 0.491 e. The van der Waals surface area contributed by atoms with Crippen LogP contribution in [0.2, 0.25) is 0 Å². The molecule has 0 N–H and O–H groups in total. The van der Waals surface area contributed by atoms with E-state index in [0.717, 1.165) is 25.0 Å². The summed E-state index contributed by atoms with van der Waals surface area (Å²) in [5.41, 5.74) is 2.05. The molecule has 1 fully saturated rings. The monoisotopic (exact) mass is 422 g/mol. The number of esters is 1. The van der Waals surface area contributed by atoms with Crippen molar-refractivity contribution in [2.24, 2.45) is 0 Å². The molecule has 1 saturated heterocycles. The minimum absolute atomic E-state index is 0.119. The Balaban J connectivity index is 1.53. The van der Waals surface area contributed by atoms with E-state index in [1.165, 1.54) is 4.90 Å². The summed E-state index contributed by atoms with van der Waals surface area (Å²) >= 11 is 0. The fraction of sp³-hybridized carbons (Fsp3) is 0.375. The molecule has 1 atom stereocenters. The van der Waals surface area contributed by atoms with Crippen LogP contribution >= 0.6 is 0 Å². The average molecular weight is 422 g/mol. The van der Waals surface area contributed by atoms with E-state index in [4.69, 9.17) is 19.5 Å². The van der Waals surface area contributed by atoms with Crippen LogP contribution in [0.4, 0.5) is 5.69 Å². The lowest BCUT2D eigenvalue weighted by Crippen LogP contribution is -2.35. The van der Waals surface area contributed by atoms with E-state index in [2.05, 4.69) is 0 Å². The Morgan fingerprint density at radius 1 is 1.16 bits per heavy atom. The maximum absolute atomic E-state index is 12.6. The van der Waals surface area contributed by atoms with Gasteiger partial charge in [0.2, 0.25) is 0 Å². The second-order valence-corrected chi connectivity index (χ2v) is 7.34. The summed E-state index contributed by atoms with van der Waals surface area (Å²) in [6.07, 6.45) is 2.34. The van der Waals surface area contributed by atoms with Crippen LogP contribution in [0.5, 0.6) is 5.75 Å². The van der Waals surface area contributed by atoms with Crippen molar-refractivity contribution in [3.05, 3.63) is 59.7 Å². The molecule has 3 rings (SSSR count). The molecule has 2 aromatic carbocycles. The quantitative estimate of drug-likeness (QED) is 0.573. The maximum Gasteiger partial charge on any atom is 0.338 e. The number of hydrogen-bond acceptors (Lipinski definition) is 6. The van der Waals surface area contributed by atoms with Crippen LogP contribution in [0.25, 0.3) is 0 Å². The van der Waals surface area contributed by atoms with Gasteiger partial charge in [0.05, 0.1) is 24.2 Å². The topological polar surface area (TPSA) is 88.9 Å².